The molecule has 0 aliphatic rings. The van der Waals surface area contributed by atoms with Crippen molar-refractivity contribution in [2.24, 2.45) is 0 Å². The average molecular weight is 255 g/mol. The molecule has 5 heteroatoms. The van der Waals surface area contributed by atoms with Crippen LogP contribution < -0.4 is 5.32 Å². The van der Waals surface area contributed by atoms with Gasteiger partial charge in [-0.05, 0) is 18.6 Å². The summed E-state index contributed by atoms with van der Waals surface area (Å²) in [6.45, 7) is 1.09. The van der Waals surface area contributed by atoms with Crippen molar-refractivity contribution in [2.75, 3.05) is 13.2 Å². The zero-order valence-electron chi connectivity index (χ0n) is 10.3. The third-order valence-electron chi connectivity index (χ3n) is 2.83. The monoisotopic (exact) mass is 255 g/mol. The van der Waals surface area contributed by atoms with Gasteiger partial charge in [0.25, 0.3) is 5.91 Å². The minimum absolute atomic E-state index is 0.0973. The molecule has 0 radical (unpaired) electrons. The summed E-state index contributed by atoms with van der Waals surface area (Å²) in [5.41, 5.74) is -1.20. The van der Waals surface area contributed by atoms with Crippen LogP contribution in [0.4, 0.5) is 4.39 Å². The van der Waals surface area contributed by atoms with Crippen LogP contribution in [0.1, 0.15) is 30.1 Å². The number of aliphatic hydroxyl groups excluding tert-OH is 2. The molecule has 3 N–H and O–H groups in total. The molecule has 0 fully saturated rings. The van der Waals surface area contributed by atoms with Crippen molar-refractivity contribution >= 4 is 5.91 Å². The van der Waals surface area contributed by atoms with Gasteiger partial charge in [-0.2, -0.15) is 0 Å². The Bertz CT molecular complexity index is 405. The van der Waals surface area contributed by atoms with E-state index >= 15 is 0 Å². The van der Waals surface area contributed by atoms with Crippen LogP contribution in [0.5, 0.6) is 0 Å². The molecule has 0 bridgehead atoms. The number of halogens is 1. The molecule has 18 heavy (non-hydrogen) atoms. The first-order valence-electron chi connectivity index (χ1n) is 5.87. The van der Waals surface area contributed by atoms with Gasteiger partial charge in [-0.1, -0.05) is 25.5 Å². The highest BCUT2D eigenvalue weighted by molar-refractivity contribution is 5.94. The maximum absolute atomic E-state index is 13.4. The summed E-state index contributed by atoms with van der Waals surface area (Å²) < 4.78 is 13.4. The second kappa shape index (κ2) is 6.47. The molecular weight excluding hydrogens is 237 g/mol. The van der Waals surface area contributed by atoms with E-state index in [1.807, 2.05) is 6.92 Å². The first-order chi connectivity index (χ1) is 8.58. The SMILES string of the molecule is CCCC(CO)(CO)NC(=O)c1ccccc1F. The van der Waals surface area contributed by atoms with Gasteiger partial charge >= 0.3 is 0 Å². The van der Waals surface area contributed by atoms with Gasteiger partial charge in [0.05, 0.1) is 24.3 Å². The van der Waals surface area contributed by atoms with Gasteiger partial charge in [0.1, 0.15) is 5.82 Å². The number of aliphatic hydroxyl groups is 2. The molecule has 4 nitrogen and oxygen atoms in total. The fraction of sp³-hybridized carbons (Fsp3) is 0.462. The van der Waals surface area contributed by atoms with E-state index in [2.05, 4.69) is 5.32 Å². The number of rotatable bonds is 6. The maximum Gasteiger partial charge on any atom is 0.254 e. The van der Waals surface area contributed by atoms with Gasteiger partial charge in [0.15, 0.2) is 0 Å². The van der Waals surface area contributed by atoms with Crippen molar-refractivity contribution in [2.45, 2.75) is 25.3 Å². The van der Waals surface area contributed by atoms with E-state index in [4.69, 9.17) is 0 Å². The molecule has 1 aromatic rings. The zero-order valence-corrected chi connectivity index (χ0v) is 10.3. The molecule has 1 amide bonds. The molecule has 1 rings (SSSR count). The lowest BCUT2D eigenvalue weighted by molar-refractivity contribution is 0.0629. The summed E-state index contributed by atoms with van der Waals surface area (Å²) >= 11 is 0. The maximum atomic E-state index is 13.4. The first kappa shape index (κ1) is 14.6. The van der Waals surface area contributed by atoms with E-state index in [0.29, 0.717) is 12.8 Å². The summed E-state index contributed by atoms with van der Waals surface area (Å²) in [6.07, 6.45) is 1.10. The Morgan fingerprint density at radius 3 is 2.44 bits per heavy atom. The smallest absolute Gasteiger partial charge is 0.254 e. The number of benzene rings is 1. The molecular formula is C13H18FNO3. The molecule has 0 saturated heterocycles. The van der Waals surface area contributed by atoms with Crippen molar-refractivity contribution in [1.82, 2.24) is 5.32 Å². The van der Waals surface area contributed by atoms with E-state index in [-0.39, 0.29) is 5.56 Å². The molecule has 0 spiro atoms. The number of amides is 1. The minimum Gasteiger partial charge on any atom is -0.394 e. The van der Waals surface area contributed by atoms with E-state index in [0.717, 1.165) is 0 Å². The van der Waals surface area contributed by atoms with Crippen LogP contribution in [-0.4, -0.2) is 34.9 Å². The van der Waals surface area contributed by atoms with E-state index < -0.39 is 30.5 Å². The lowest BCUT2D eigenvalue weighted by atomic mass is 9.95. The van der Waals surface area contributed by atoms with Crippen molar-refractivity contribution in [3.63, 3.8) is 0 Å². The first-order valence-corrected chi connectivity index (χ1v) is 5.87. The topological polar surface area (TPSA) is 69.6 Å². The number of hydrogen-bond donors (Lipinski definition) is 3. The minimum atomic E-state index is -1.10. The van der Waals surface area contributed by atoms with Crippen molar-refractivity contribution in [3.05, 3.63) is 35.6 Å². The number of carbonyl (C=O) groups excluding carboxylic acids is 1. The van der Waals surface area contributed by atoms with Crippen LogP contribution in [-0.2, 0) is 0 Å². The summed E-state index contributed by atoms with van der Waals surface area (Å²) in [4.78, 5) is 11.9. The highest BCUT2D eigenvalue weighted by atomic mass is 19.1. The Kier molecular flexibility index (Phi) is 5.25. The summed E-state index contributed by atoms with van der Waals surface area (Å²) in [5, 5.41) is 21.1. The second-order valence-corrected chi connectivity index (χ2v) is 4.28. The van der Waals surface area contributed by atoms with E-state index in [1.54, 1.807) is 6.07 Å². The second-order valence-electron chi connectivity index (χ2n) is 4.28. The highest BCUT2D eigenvalue weighted by Crippen LogP contribution is 2.14. The molecule has 1 aromatic carbocycles. The predicted octanol–water partition coefficient (Wildman–Crippen LogP) is 1.08. The van der Waals surface area contributed by atoms with Crippen LogP contribution in [0.3, 0.4) is 0 Å². The third kappa shape index (κ3) is 3.27. The normalized spacial score (nSPS) is 11.3. The molecule has 0 saturated carbocycles. The lowest BCUT2D eigenvalue weighted by Gasteiger charge is -2.30. The van der Waals surface area contributed by atoms with E-state index in [9.17, 15) is 19.4 Å². The van der Waals surface area contributed by atoms with Crippen LogP contribution in [0.15, 0.2) is 24.3 Å². The van der Waals surface area contributed by atoms with Crippen molar-refractivity contribution in [1.29, 1.82) is 0 Å². The molecule has 100 valence electrons. The van der Waals surface area contributed by atoms with Gasteiger partial charge in [-0.15, -0.1) is 0 Å². The molecule has 0 aliphatic carbocycles. The quantitative estimate of drug-likeness (QED) is 0.712. The number of nitrogens with one attached hydrogen (secondary N) is 1. The van der Waals surface area contributed by atoms with Gasteiger partial charge in [-0.3, -0.25) is 4.79 Å². The molecule has 0 aromatic heterocycles. The Labute approximate surface area is 105 Å². The fourth-order valence-electron chi connectivity index (χ4n) is 1.78. The van der Waals surface area contributed by atoms with Gasteiger partial charge in [-0.25, -0.2) is 4.39 Å². The average Bonchev–Trinajstić information content (AvgIpc) is 2.38. The Morgan fingerprint density at radius 2 is 1.94 bits per heavy atom. The van der Waals surface area contributed by atoms with Crippen molar-refractivity contribution in [3.8, 4) is 0 Å². The lowest BCUT2D eigenvalue weighted by Crippen LogP contribution is -2.54. The van der Waals surface area contributed by atoms with Crippen LogP contribution in [0.25, 0.3) is 0 Å². The van der Waals surface area contributed by atoms with Gasteiger partial charge in [0.2, 0.25) is 0 Å². The summed E-state index contributed by atoms with van der Waals surface area (Å²) in [5.74, 6) is -1.26. The Hall–Kier alpha value is -1.46. The standard InChI is InChI=1S/C13H18FNO3/c1-2-7-13(8-16,9-17)15-12(18)10-5-3-4-6-11(10)14/h3-6,16-17H,2,7-9H2,1H3,(H,15,18). The molecule has 0 unspecified atom stereocenters. The number of carbonyl (C=O) groups is 1. The van der Waals surface area contributed by atoms with Crippen LogP contribution >= 0.6 is 0 Å². The van der Waals surface area contributed by atoms with Crippen molar-refractivity contribution < 1.29 is 19.4 Å². The summed E-state index contributed by atoms with van der Waals surface area (Å²) in [6, 6.07) is 5.59. The highest BCUT2D eigenvalue weighted by Gasteiger charge is 2.30. The van der Waals surface area contributed by atoms with Gasteiger partial charge < -0.3 is 15.5 Å². The third-order valence-corrected chi connectivity index (χ3v) is 2.83. The predicted molar refractivity (Wildman–Crippen MR) is 65.7 cm³/mol. The fourth-order valence-corrected chi connectivity index (χ4v) is 1.78. The largest absolute Gasteiger partial charge is 0.394 e. The molecule has 0 atom stereocenters. The van der Waals surface area contributed by atoms with Gasteiger partial charge in [0, 0.05) is 0 Å². The number of hydrogen-bond acceptors (Lipinski definition) is 3. The zero-order chi connectivity index (χ0) is 13.6. The molecule has 0 heterocycles. The summed E-state index contributed by atoms with van der Waals surface area (Å²) in [7, 11) is 0. The Balaban J connectivity index is 2.88. The van der Waals surface area contributed by atoms with Crippen LogP contribution in [0, 0.1) is 5.82 Å². The van der Waals surface area contributed by atoms with Crippen LogP contribution in [0.2, 0.25) is 0 Å². The van der Waals surface area contributed by atoms with E-state index in [1.165, 1.54) is 18.2 Å². The molecule has 0 aliphatic heterocycles. The Morgan fingerprint density at radius 1 is 1.33 bits per heavy atom.